The van der Waals surface area contributed by atoms with Gasteiger partial charge in [-0.2, -0.15) is 0 Å². The Morgan fingerprint density at radius 3 is 3.06 bits per heavy atom. The fraction of sp³-hybridized carbons (Fsp3) is 0.583. The molecule has 0 bridgehead atoms. The molecule has 2 rings (SSSR count). The molecule has 1 saturated heterocycles. The number of aryl methyl sites for hydroxylation is 1. The molecule has 17 heavy (non-hydrogen) atoms. The highest BCUT2D eigenvalue weighted by atomic mass is 16.5. The summed E-state index contributed by atoms with van der Waals surface area (Å²) in [6.07, 6.45) is 1.02. The van der Waals surface area contributed by atoms with Crippen LogP contribution in [0.4, 0.5) is 0 Å². The van der Waals surface area contributed by atoms with E-state index in [2.05, 4.69) is 9.64 Å². The summed E-state index contributed by atoms with van der Waals surface area (Å²) in [5.74, 6) is 0.662. The quantitative estimate of drug-likeness (QED) is 0.793. The van der Waals surface area contributed by atoms with Crippen LogP contribution in [-0.4, -0.2) is 37.1 Å². The Bertz CT molecular complexity index is 414. The molecule has 0 unspecified atom stereocenters. The van der Waals surface area contributed by atoms with Crippen molar-refractivity contribution in [2.75, 3.05) is 20.2 Å². The number of methoxy groups -OCH3 is 1. The molecule has 1 atom stereocenters. The predicted octanol–water partition coefficient (Wildman–Crippen LogP) is 0.908. The Kier molecular flexibility index (Phi) is 3.49. The summed E-state index contributed by atoms with van der Waals surface area (Å²) in [6.45, 7) is 4.41. The highest BCUT2D eigenvalue weighted by Gasteiger charge is 2.22. The monoisotopic (exact) mass is 238 g/mol. The van der Waals surface area contributed by atoms with Crippen molar-refractivity contribution in [3.8, 4) is 0 Å². The molecule has 5 nitrogen and oxygen atoms in total. The van der Waals surface area contributed by atoms with E-state index in [-0.39, 0.29) is 6.04 Å². The predicted molar refractivity (Wildman–Crippen MR) is 62.7 cm³/mol. The van der Waals surface area contributed by atoms with Gasteiger partial charge in [0, 0.05) is 24.7 Å². The highest BCUT2D eigenvalue weighted by Crippen LogP contribution is 2.19. The van der Waals surface area contributed by atoms with E-state index in [1.807, 2.05) is 13.0 Å². The number of likely N-dealkylation sites (tertiary alicyclic amines) is 1. The topological polar surface area (TPSA) is 68.7 Å². The molecule has 1 aliphatic heterocycles. The van der Waals surface area contributed by atoms with Crippen LogP contribution in [0.15, 0.2) is 10.5 Å². The average Bonchev–Trinajstić information content (AvgIpc) is 2.85. The van der Waals surface area contributed by atoms with Crippen molar-refractivity contribution in [3.63, 3.8) is 0 Å². The van der Waals surface area contributed by atoms with Gasteiger partial charge >= 0.3 is 5.97 Å². The van der Waals surface area contributed by atoms with Crippen LogP contribution in [0.3, 0.4) is 0 Å². The van der Waals surface area contributed by atoms with Gasteiger partial charge in [0.25, 0.3) is 0 Å². The van der Waals surface area contributed by atoms with Crippen LogP contribution in [0.2, 0.25) is 0 Å². The zero-order chi connectivity index (χ0) is 12.4. The minimum Gasteiger partial charge on any atom is -0.463 e. The van der Waals surface area contributed by atoms with Crippen LogP contribution in [0.25, 0.3) is 0 Å². The van der Waals surface area contributed by atoms with Crippen LogP contribution in [-0.2, 0) is 11.3 Å². The molecule has 0 aromatic carbocycles. The van der Waals surface area contributed by atoms with E-state index in [9.17, 15) is 4.79 Å². The lowest BCUT2D eigenvalue weighted by Crippen LogP contribution is -2.26. The Morgan fingerprint density at radius 1 is 1.71 bits per heavy atom. The van der Waals surface area contributed by atoms with E-state index < -0.39 is 5.97 Å². The van der Waals surface area contributed by atoms with Gasteiger partial charge in [0.2, 0.25) is 5.76 Å². The maximum atomic E-state index is 11.4. The van der Waals surface area contributed by atoms with Crippen molar-refractivity contribution in [3.05, 3.63) is 23.2 Å². The number of rotatable bonds is 3. The summed E-state index contributed by atoms with van der Waals surface area (Å²) in [7, 11) is 1.35. The first-order valence-electron chi connectivity index (χ1n) is 5.75. The molecule has 1 fully saturated rings. The second-order valence-electron chi connectivity index (χ2n) is 4.50. The van der Waals surface area contributed by atoms with Gasteiger partial charge in [-0.05, 0) is 19.4 Å². The number of ether oxygens (including phenoxy) is 1. The Hall–Kier alpha value is -1.33. The van der Waals surface area contributed by atoms with Crippen molar-refractivity contribution in [2.24, 2.45) is 5.73 Å². The fourth-order valence-corrected chi connectivity index (χ4v) is 2.15. The third-order valence-electron chi connectivity index (χ3n) is 3.03. The summed E-state index contributed by atoms with van der Waals surface area (Å²) < 4.78 is 10.2. The fourth-order valence-electron chi connectivity index (χ4n) is 2.15. The van der Waals surface area contributed by atoms with Crippen molar-refractivity contribution >= 4 is 5.97 Å². The largest absolute Gasteiger partial charge is 0.463 e. The summed E-state index contributed by atoms with van der Waals surface area (Å²) >= 11 is 0. The zero-order valence-corrected chi connectivity index (χ0v) is 10.2. The summed E-state index contributed by atoms with van der Waals surface area (Å²) in [5.41, 5.74) is 6.65. The van der Waals surface area contributed by atoms with Crippen LogP contribution in [0, 0.1) is 6.92 Å². The van der Waals surface area contributed by atoms with E-state index in [1.54, 1.807) is 0 Å². The van der Waals surface area contributed by atoms with Gasteiger partial charge in [-0.3, -0.25) is 4.90 Å². The first kappa shape index (κ1) is 12.1. The third kappa shape index (κ3) is 2.68. The van der Waals surface area contributed by atoms with Gasteiger partial charge in [0.05, 0.1) is 13.7 Å². The Labute approximate surface area is 101 Å². The number of nitrogens with two attached hydrogens (primary N) is 1. The van der Waals surface area contributed by atoms with Gasteiger partial charge in [-0.25, -0.2) is 4.79 Å². The number of carbonyl (C=O) groups excluding carboxylic acids is 1. The van der Waals surface area contributed by atoms with Gasteiger partial charge in [-0.1, -0.05) is 0 Å². The molecule has 94 valence electrons. The molecule has 0 amide bonds. The number of hydrogen-bond donors (Lipinski definition) is 1. The first-order valence-corrected chi connectivity index (χ1v) is 5.75. The molecule has 2 N–H and O–H groups in total. The molecule has 1 aromatic rings. The summed E-state index contributed by atoms with van der Waals surface area (Å²) in [5, 5.41) is 0. The van der Waals surface area contributed by atoms with E-state index in [0.29, 0.717) is 12.3 Å². The molecule has 0 spiro atoms. The standard InChI is InChI=1S/C12H18N2O3/c1-8-5-10(17-11(8)12(15)16-2)7-14-4-3-9(13)6-14/h5,9H,3-4,6-7,13H2,1-2H3/t9-/m0/s1. The van der Waals surface area contributed by atoms with Gasteiger partial charge in [-0.15, -0.1) is 0 Å². The molecule has 2 heterocycles. The molecular formula is C12H18N2O3. The van der Waals surface area contributed by atoms with E-state index in [4.69, 9.17) is 10.2 Å². The molecule has 0 radical (unpaired) electrons. The van der Waals surface area contributed by atoms with Gasteiger partial charge < -0.3 is 14.9 Å². The molecule has 0 saturated carbocycles. The molecule has 1 aliphatic rings. The van der Waals surface area contributed by atoms with Crippen LogP contribution in [0.5, 0.6) is 0 Å². The third-order valence-corrected chi connectivity index (χ3v) is 3.03. The van der Waals surface area contributed by atoms with Crippen LogP contribution >= 0.6 is 0 Å². The average molecular weight is 238 g/mol. The normalized spacial score (nSPS) is 20.8. The second-order valence-corrected chi connectivity index (χ2v) is 4.50. The Morgan fingerprint density at radius 2 is 2.47 bits per heavy atom. The minimum absolute atomic E-state index is 0.256. The number of nitrogens with zero attached hydrogens (tertiary/aromatic N) is 1. The van der Waals surface area contributed by atoms with E-state index >= 15 is 0 Å². The number of esters is 1. The number of hydrogen-bond acceptors (Lipinski definition) is 5. The van der Waals surface area contributed by atoms with Crippen molar-refractivity contribution in [2.45, 2.75) is 25.9 Å². The SMILES string of the molecule is COC(=O)c1oc(CN2CC[C@H](N)C2)cc1C. The summed E-state index contributed by atoms with van der Waals surface area (Å²) in [4.78, 5) is 13.6. The van der Waals surface area contributed by atoms with Crippen molar-refractivity contribution in [1.82, 2.24) is 4.90 Å². The maximum Gasteiger partial charge on any atom is 0.374 e. The maximum absolute atomic E-state index is 11.4. The molecular weight excluding hydrogens is 220 g/mol. The van der Waals surface area contributed by atoms with E-state index in [1.165, 1.54) is 7.11 Å². The van der Waals surface area contributed by atoms with Gasteiger partial charge in [0.15, 0.2) is 0 Å². The molecule has 0 aliphatic carbocycles. The molecule has 5 heteroatoms. The Balaban J connectivity index is 2.05. The number of carbonyl (C=O) groups is 1. The summed E-state index contributed by atoms with van der Waals surface area (Å²) in [6, 6.07) is 2.14. The van der Waals surface area contributed by atoms with Crippen molar-refractivity contribution in [1.29, 1.82) is 0 Å². The zero-order valence-electron chi connectivity index (χ0n) is 10.2. The lowest BCUT2D eigenvalue weighted by Gasteiger charge is -2.12. The van der Waals surface area contributed by atoms with Crippen molar-refractivity contribution < 1.29 is 13.9 Å². The van der Waals surface area contributed by atoms with E-state index in [0.717, 1.165) is 30.8 Å². The number of furan rings is 1. The highest BCUT2D eigenvalue weighted by molar-refractivity contribution is 5.87. The lowest BCUT2D eigenvalue weighted by atomic mass is 10.2. The smallest absolute Gasteiger partial charge is 0.374 e. The van der Waals surface area contributed by atoms with Crippen LogP contribution in [0.1, 0.15) is 28.3 Å². The lowest BCUT2D eigenvalue weighted by molar-refractivity contribution is 0.0560. The first-order chi connectivity index (χ1) is 8.10. The van der Waals surface area contributed by atoms with Crippen LogP contribution < -0.4 is 5.73 Å². The molecule has 1 aromatic heterocycles. The van der Waals surface area contributed by atoms with Gasteiger partial charge in [0.1, 0.15) is 5.76 Å². The minimum atomic E-state index is -0.424. The second kappa shape index (κ2) is 4.89.